The van der Waals surface area contributed by atoms with Crippen LogP contribution in [0.3, 0.4) is 0 Å². The predicted molar refractivity (Wildman–Crippen MR) is 94.8 cm³/mol. The maximum atomic E-state index is 12.9. The zero-order chi connectivity index (χ0) is 18.6. The maximum absolute atomic E-state index is 12.9. The zero-order valence-electron chi connectivity index (χ0n) is 15.0. The Morgan fingerprint density at radius 2 is 1.88 bits per heavy atom. The molecule has 8 heteroatoms. The van der Waals surface area contributed by atoms with E-state index in [2.05, 4.69) is 5.10 Å². The molecule has 25 heavy (non-hydrogen) atoms. The van der Waals surface area contributed by atoms with Gasteiger partial charge in [-0.1, -0.05) is 11.6 Å². The third kappa shape index (κ3) is 3.82. The molecule has 0 unspecified atom stereocenters. The molecule has 0 saturated carbocycles. The van der Waals surface area contributed by atoms with Crippen LogP contribution in [-0.2, 0) is 13.1 Å². The maximum Gasteiger partial charge on any atom is 0.257 e. The topological polar surface area (TPSA) is 65.8 Å². The number of benzene rings is 1. The highest BCUT2D eigenvalue weighted by molar-refractivity contribution is 6.31. The van der Waals surface area contributed by atoms with Gasteiger partial charge in [-0.25, -0.2) is 0 Å². The number of ether oxygens (including phenoxy) is 3. The van der Waals surface area contributed by atoms with Gasteiger partial charge in [0.15, 0.2) is 11.5 Å². The van der Waals surface area contributed by atoms with E-state index in [-0.39, 0.29) is 12.5 Å². The van der Waals surface area contributed by atoms with Gasteiger partial charge >= 0.3 is 0 Å². The lowest BCUT2D eigenvalue weighted by Gasteiger charge is -2.20. The van der Waals surface area contributed by atoms with E-state index in [1.165, 1.54) is 26.2 Å². The van der Waals surface area contributed by atoms with Gasteiger partial charge in [0.2, 0.25) is 5.75 Å². The molecule has 2 aromatic rings. The van der Waals surface area contributed by atoms with Crippen LogP contribution < -0.4 is 14.2 Å². The van der Waals surface area contributed by atoms with Crippen molar-refractivity contribution in [2.75, 3.05) is 28.4 Å². The Balaban J connectivity index is 2.31. The lowest BCUT2D eigenvalue weighted by atomic mass is 10.1. The van der Waals surface area contributed by atoms with Crippen LogP contribution in [0, 0.1) is 0 Å². The number of carbonyl (C=O) groups is 1. The first-order valence-corrected chi connectivity index (χ1v) is 8.10. The summed E-state index contributed by atoms with van der Waals surface area (Å²) in [6.07, 6.45) is 1.74. The normalized spacial score (nSPS) is 10.5. The summed E-state index contributed by atoms with van der Waals surface area (Å²) >= 11 is 6.18. The van der Waals surface area contributed by atoms with Gasteiger partial charge in [0.05, 0.1) is 38.5 Å². The molecule has 0 atom stereocenters. The van der Waals surface area contributed by atoms with E-state index in [9.17, 15) is 4.79 Å². The van der Waals surface area contributed by atoms with E-state index < -0.39 is 0 Å². The van der Waals surface area contributed by atoms with Gasteiger partial charge in [-0.3, -0.25) is 9.48 Å². The molecule has 136 valence electrons. The fourth-order valence-electron chi connectivity index (χ4n) is 2.48. The highest BCUT2D eigenvalue weighted by Gasteiger charge is 2.24. The lowest BCUT2D eigenvalue weighted by molar-refractivity contribution is 0.0779. The second-order valence-corrected chi connectivity index (χ2v) is 5.73. The number of methoxy groups -OCH3 is 3. The second-order valence-electron chi connectivity index (χ2n) is 5.32. The van der Waals surface area contributed by atoms with Crippen LogP contribution in [0.25, 0.3) is 0 Å². The lowest BCUT2D eigenvalue weighted by Crippen LogP contribution is -2.27. The standard InChI is InChI=1S/C17H22ClN3O4/c1-6-21-9-12(18)13(19-21)10-20(2)17(22)11-7-8-14(23-3)16(25-5)15(11)24-4/h7-9H,6,10H2,1-5H3. The van der Waals surface area contributed by atoms with Gasteiger partial charge in [0.1, 0.15) is 5.69 Å². The van der Waals surface area contributed by atoms with E-state index in [1.54, 1.807) is 30.1 Å². The number of hydrogen-bond acceptors (Lipinski definition) is 5. The monoisotopic (exact) mass is 367 g/mol. The van der Waals surface area contributed by atoms with Crippen molar-refractivity contribution in [3.8, 4) is 17.2 Å². The van der Waals surface area contributed by atoms with Crippen molar-refractivity contribution in [2.24, 2.45) is 0 Å². The fraction of sp³-hybridized carbons (Fsp3) is 0.412. The van der Waals surface area contributed by atoms with Crippen molar-refractivity contribution < 1.29 is 19.0 Å². The molecule has 0 radical (unpaired) electrons. The molecule has 1 amide bonds. The van der Waals surface area contributed by atoms with Crippen LogP contribution in [0.2, 0.25) is 5.02 Å². The first kappa shape index (κ1) is 18.9. The number of hydrogen-bond donors (Lipinski definition) is 0. The van der Waals surface area contributed by atoms with E-state index in [0.29, 0.717) is 40.1 Å². The molecule has 2 rings (SSSR count). The second kappa shape index (κ2) is 8.11. The summed E-state index contributed by atoms with van der Waals surface area (Å²) < 4.78 is 17.7. The Morgan fingerprint density at radius 3 is 2.40 bits per heavy atom. The van der Waals surface area contributed by atoms with E-state index in [1.807, 2.05) is 6.92 Å². The number of amides is 1. The van der Waals surface area contributed by atoms with Crippen LogP contribution >= 0.6 is 11.6 Å². The van der Waals surface area contributed by atoms with Crippen LogP contribution in [-0.4, -0.2) is 49.0 Å². The van der Waals surface area contributed by atoms with E-state index >= 15 is 0 Å². The van der Waals surface area contributed by atoms with Gasteiger partial charge in [0.25, 0.3) is 5.91 Å². The third-order valence-electron chi connectivity index (χ3n) is 3.78. The van der Waals surface area contributed by atoms with Crippen molar-refractivity contribution in [2.45, 2.75) is 20.0 Å². The molecule has 0 aliphatic heterocycles. The van der Waals surface area contributed by atoms with Crippen molar-refractivity contribution in [1.29, 1.82) is 0 Å². The number of carbonyl (C=O) groups excluding carboxylic acids is 1. The molecule has 1 heterocycles. The summed E-state index contributed by atoms with van der Waals surface area (Å²) in [6.45, 7) is 2.96. The average Bonchev–Trinajstić information content (AvgIpc) is 2.99. The Labute approximate surface area is 152 Å². The number of aromatic nitrogens is 2. The molecule has 0 saturated heterocycles. The Bertz CT molecular complexity index is 761. The Kier molecular flexibility index (Phi) is 6.14. The van der Waals surface area contributed by atoms with Crippen LogP contribution in [0.4, 0.5) is 0 Å². The summed E-state index contributed by atoms with van der Waals surface area (Å²) in [5, 5.41) is 4.89. The summed E-state index contributed by atoms with van der Waals surface area (Å²) in [7, 11) is 6.18. The van der Waals surface area contributed by atoms with Gasteiger partial charge in [0, 0.05) is 19.8 Å². The van der Waals surface area contributed by atoms with E-state index in [4.69, 9.17) is 25.8 Å². The van der Waals surface area contributed by atoms with Crippen LogP contribution in [0.5, 0.6) is 17.2 Å². The summed E-state index contributed by atoms with van der Waals surface area (Å²) in [5.74, 6) is 0.949. The largest absolute Gasteiger partial charge is 0.493 e. The summed E-state index contributed by atoms with van der Waals surface area (Å²) in [5.41, 5.74) is 1.01. The molecule has 7 nitrogen and oxygen atoms in total. The Morgan fingerprint density at radius 1 is 1.20 bits per heavy atom. The molecule has 1 aromatic carbocycles. The summed E-state index contributed by atoms with van der Waals surface area (Å²) in [6, 6.07) is 3.31. The molecule has 0 aliphatic carbocycles. The van der Waals surface area contributed by atoms with Crippen molar-refractivity contribution in [3.63, 3.8) is 0 Å². The Hall–Kier alpha value is -2.41. The van der Waals surface area contributed by atoms with Gasteiger partial charge in [-0.15, -0.1) is 0 Å². The smallest absolute Gasteiger partial charge is 0.257 e. The summed E-state index contributed by atoms with van der Waals surface area (Å²) in [4.78, 5) is 14.4. The van der Waals surface area contributed by atoms with Crippen LogP contribution in [0.15, 0.2) is 18.3 Å². The minimum atomic E-state index is -0.236. The molecule has 1 aromatic heterocycles. The van der Waals surface area contributed by atoms with Crippen LogP contribution in [0.1, 0.15) is 23.0 Å². The SMILES string of the molecule is CCn1cc(Cl)c(CN(C)C(=O)c2ccc(OC)c(OC)c2OC)n1. The quantitative estimate of drug-likeness (QED) is 0.752. The molecular weight excluding hydrogens is 346 g/mol. The van der Waals surface area contributed by atoms with Crippen molar-refractivity contribution in [3.05, 3.63) is 34.6 Å². The zero-order valence-corrected chi connectivity index (χ0v) is 15.8. The van der Waals surface area contributed by atoms with E-state index in [0.717, 1.165) is 0 Å². The third-order valence-corrected chi connectivity index (χ3v) is 4.10. The number of aryl methyl sites for hydroxylation is 1. The van der Waals surface area contributed by atoms with Crippen molar-refractivity contribution in [1.82, 2.24) is 14.7 Å². The first-order valence-electron chi connectivity index (χ1n) is 7.73. The first-order chi connectivity index (χ1) is 12.0. The molecule has 0 N–H and O–H groups in total. The molecule has 0 spiro atoms. The van der Waals surface area contributed by atoms with Gasteiger partial charge in [-0.2, -0.15) is 5.10 Å². The molecule has 0 fully saturated rings. The van der Waals surface area contributed by atoms with Gasteiger partial charge in [-0.05, 0) is 19.1 Å². The number of nitrogens with zero attached hydrogens (tertiary/aromatic N) is 3. The fourth-order valence-corrected chi connectivity index (χ4v) is 2.69. The number of halogens is 1. The number of rotatable bonds is 7. The van der Waals surface area contributed by atoms with Crippen molar-refractivity contribution >= 4 is 17.5 Å². The predicted octanol–water partition coefficient (Wildman–Crippen LogP) is 2.85. The minimum absolute atomic E-state index is 0.236. The van der Waals surface area contributed by atoms with Gasteiger partial charge < -0.3 is 19.1 Å². The minimum Gasteiger partial charge on any atom is -0.493 e. The molecule has 0 bridgehead atoms. The molecular formula is C17H22ClN3O4. The highest BCUT2D eigenvalue weighted by atomic mass is 35.5. The highest BCUT2D eigenvalue weighted by Crippen LogP contribution is 2.40. The molecule has 0 aliphatic rings. The average molecular weight is 368 g/mol.